The number of benzene rings is 1. The van der Waals surface area contributed by atoms with Crippen molar-refractivity contribution >= 4 is 35.2 Å². The molecule has 0 radical (unpaired) electrons. The molecule has 0 spiro atoms. The minimum atomic E-state index is -1.03. The van der Waals surface area contributed by atoms with Gasteiger partial charge in [0.15, 0.2) is 0 Å². The van der Waals surface area contributed by atoms with Crippen molar-refractivity contribution in [1.29, 1.82) is 0 Å². The van der Waals surface area contributed by atoms with Crippen molar-refractivity contribution in [3.63, 3.8) is 0 Å². The number of imide groups is 1. The first-order valence-electron chi connectivity index (χ1n) is 6.05. The van der Waals surface area contributed by atoms with Gasteiger partial charge in [-0.15, -0.1) is 0 Å². The van der Waals surface area contributed by atoms with Crippen LogP contribution in [0.5, 0.6) is 0 Å². The summed E-state index contributed by atoms with van der Waals surface area (Å²) in [4.78, 5) is 33.5. The van der Waals surface area contributed by atoms with E-state index >= 15 is 0 Å². The Balaban J connectivity index is 2.49. The highest BCUT2D eigenvalue weighted by molar-refractivity contribution is 6.30. The van der Waals surface area contributed by atoms with Crippen molar-refractivity contribution in [2.24, 2.45) is 5.92 Å². The highest BCUT2D eigenvalue weighted by Gasteiger charge is 2.15. The number of urea groups is 1. The van der Waals surface area contributed by atoms with E-state index in [0.717, 1.165) is 6.07 Å². The molecule has 1 aromatic rings. The Bertz CT molecular complexity index is 565. The molecule has 0 fully saturated rings. The van der Waals surface area contributed by atoms with Crippen LogP contribution < -0.4 is 10.6 Å². The molecular formula is C13H14ClFN2O4. The fraction of sp³-hybridized carbons (Fsp3) is 0.308. The second kappa shape index (κ2) is 7.58. The predicted octanol–water partition coefficient (Wildman–Crippen LogP) is 2.63. The van der Waals surface area contributed by atoms with Gasteiger partial charge in [0, 0.05) is 17.9 Å². The molecule has 1 rings (SSSR count). The van der Waals surface area contributed by atoms with Crippen LogP contribution >= 0.6 is 11.6 Å². The molecule has 0 aliphatic rings. The SMILES string of the molecule is CC(CC(=O)O)CC(=O)NC(=O)Nc1ccc(Cl)cc1F. The lowest BCUT2D eigenvalue weighted by atomic mass is 10.0. The fourth-order valence-corrected chi connectivity index (χ4v) is 1.77. The Morgan fingerprint density at radius 1 is 1.33 bits per heavy atom. The maximum absolute atomic E-state index is 13.4. The molecule has 1 unspecified atom stereocenters. The molecule has 0 saturated carbocycles. The summed E-state index contributed by atoms with van der Waals surface area (Å²) in [5.41, 5.74) is -0.122. The van der Waals surface area contributed by atoms with E-state index in [-0.39, 0.29) is 23.6 Å². The van der Waals surface area contributed by atoms with Crippen LogP contribution in [0.25, 0.3) is 0 Å². The van der Waals surface area contributed by atoms with Gasteiger partial charge in [-0.3, -0.25) is 14.9 Å². The van der Waals surface area contributed by atoms with Gasteiger partial charge in [-0.05, 0) is 24.1 Å². The van der Waals surface area contributed by atoms with Crippen molar-refractivity contribution < 1.29 is 23.9 Å². The monoisotopic (exact) mass is 316 g/mol. The fourth-order valence-electron chi connectivity index (χ4n) is 1.61. The number of carbonyl (C=O) groups is 3. The van der Waals surface area contributed by atoms with Crippen LogP contribution in [0.4, 0.5) is 14.9 Å². The third-order valence-corrected chi connectivity index (χ3v) is 2.72. The van der Waals surface area contributed by atoms with Crippen molar-refractivity contribution in [1.82, 2.24) is 5.32 Å². The predicted molar refractivity (Wildman–Crippen MR) is 74.6 cm³/mol. The van der Waals surface area contributed by atoms with Crippen molar-refractivity contribution in [2.75, 3.05) is 5.32 Å². The van der Waals surface area contributed by atoms with Crippen LogP contribution in [0.15, 0.2) is 18.2 Å². The van der Waals surface area contributed by atoms with E-state index in [9.17, 15) is 18.8 Å². The van der Waals surface area contributed by atoms with E-state index in [1.165, 1.54) is 12.1 Å². The highest BCUT2D eigenvalue weighted by atomic mass is 35.5. The van der Waals surface area contributed by atoms with Gasteiger partial charge in [0.25, 0.3) is 0 Å². The van der Waals surface area contributed by atoms with E-state index in [0.29, 0.717) is 0 Å². The third kappa shape index (κ3) is 6.22. The van der Waals surface area contributed by atoms with Crippen LogP contribution in [0, 0.1) is 11.7 Å². The van der Waals surface area contributed by atoms with Gasteiger partial charge >= 0.3 is 12.0 Å². The van der Waals surface area contributed by atoms with Gasteiger partial charge in [0.2, 0.25) is 5.91 Å². The van der Waals surface area contributed by atoms with E-state index in [2.05, 4.69) is 5.32 Å². The first-order valence-corrected chi connectivity index (χ1v) is 6.43. The minimum absolute atomic E-state index is 0.122. The standard InChI is InChI=1S/C13H14ClFN2O4/c1-7(5-12(19)20)4-11(18)17-13(21)16-10-3-2-8(14)6-9(10)15/h2-3,6-7H,4-5H2,1H3,(H,19,20)(H2,16,17,18,21). The van der Waals surface area contributed by atoms with Crippen LogP contribution in [0.2, 0.25) is 5.02 Å². The molecule has 1 aromatic carbocycles. The second-order valence-electron chi connectivity index (χ2n) is 4.53. The number of hydrogen-bond acceptors (Lipinski definition) is 3. The molecule has 0 aliphatic carbocycles. The lowest BCUT2D eigenvalue weighted by molar-refractivity contribution is -0.138. The maximum atomic E-state index is 13.4. The summed E-state index contributed by atoms with van der Waals surface area (Å²) in [5.74, 6) is -2.81. The molecule has 0 heterocycles. The molecule has 6 nitrogen and oxygen atoms in total. The Labute approximate surface area is 125 Å². The molecule has 0 aliphatic heterocycles. The van der Waals surface area contributed by atoms with Gasteiger partial charge in [0.1, 0.15) is 5.82 Å². The molecule has 21 heavy (non-hydrogen) atoms. The number of rotatable bonds is 5. The van der Waals surface area contributed by atoms with Gasteiger partial charge < -0.3 is 10.4 Å². The van der Waals surface area contributed by atoms with Gasteiger partial charge in [0.05, 0.1) is 5.69 Å². The zero-order chi connectivity index (χ0) is 16.0. The quantitative estimate of drug-likeness (QED) is 0.778. The zero-order valence-electron chi connectivity index (χ0n) is 11.2. The Hall–Kier alpha value is -2.15. The number of carboxylic acid groups (broad SMARTS) is 1. The summed E-state index contributed by atoms with van der Waals surface area (Å²) in [6.07, 6.45) is -0.302. The lowest BCUT2D eigenvalue weighted by Crippen LogP contribution is -2.35. The van der Waals surface area contributed by atoms with Crippen LogP contribution in [-0.4, -0.2) is 23.0 Å². The highest BCUT2D eigenvalue weighted by Crippen LogP contribution is 2.18. The van der Waals surface area contributed by atoms with Gasteiger partial charge in [-0.1, -0.05) is 18.5 Å². The topological polar surface area (TPSA) is 95.5 Å². The second-order valence-corrected chi connectivity index (χ2v) is 4.97. The summed E-state index contributed by atoms with van der Waals surface area (Å²) in [6.45, 7) is 1.57. The van der Waals surface area contributed by atoms with E-state index in [4.69, 9.17) is 16.7 Å². The van der Waals surface area contributed by atoms with Crippen molar-refractivity contribution in [2.45, 2.75) is 19.8 Å². The Kier molecular flexibility index (Phi) is 6.10. The Morgan fingerprint density at radius 2 is 2.00 bits per heavy atom. The smallest absolute Gasteiger partial charge is 0.325 e. The lowest BCUT2D eigenvalue weighted by Gasteiger charge is -2.10. The number of aliphatic carboxylic acids is 1. The molecule has 3 amide bonds. The first kappa shape index (κ1) is 16.9. The molecule has 0 saturated heterocycles. The van der Waals surface area contributed by atoms with Gasteiger partial charge in [-0.2, -0.15) is 0 Å². The number of hydrogen-bond donors (Lipinski definition) is 3. The molecule has 1 atom stereocenters. The summed E-state index contributed by atoms with van der Waals surface area (Å²) in [6, 6.07) is 2.77. The van der Waals surface area contributed by atoms with Crippen LogP contribution in [-0.2, 0) is 9.59 Å². The van der Waals surface area contributed by atoms with Crippen LogP contribution in [0.1, 0.15) is 19.8 Å². The number of nitrogens with one attached hydrogen (secondary N) is 2. The summed E-state index contributed by atoms with van der Waals surface area (Å²) < 4.78 is 13.4. The van der Waals surface area contributed by atoms with E-state index in [1.54, 1.807) is 6.92 Å². The number of carbonyl (C=O) groups excluding carboxylic acids is 2. The average Bonchev–Trinajstić information content (AvgIpc) is 2.31. The largest absolute Gasteiger partial charge is 0.481 e. The third-order valence-electron chi connectivity index (χ3n) is 2.49. The summed E-state index contributed by atoms with van der Waals surface area (Å²) in [5, 5.41) is 12.9. The molecule has 8 heteroatoms. The normalized spacial score (nSPS) is 11.6. The Morgan fingerprint density at radius 3 is 2.57 bits per heavy atom. The molecular weight excluding hydrogens is 303 g/mol. The minimum Gasteiger partial charge on any atom is -0.481 e. The average molecular weight is 317 g/mol. The zero-order valence-corrected chi connectivity index (χ0v) is 11.9. The van der Waals surface area contributed by atoms with E-state index < -0.39 is 29.6 Å². The summed E-state index contributed by atoms with van der Waals surface area (Å²) in [7, 11) is 0. The van der Waals surface area contributed by atoms with Crippen LogP contribution in [0.3, 0.4) is 0 Å². The number of halogens is 2. The molecule has 0 bridgehead atoms. The van der Waals surface area contributed by atoms with Gasteiger partial charge in [-0.25, -0.2) is 9.18 Å². The van der Waals surface area contributed by atoms with Crippen molar-refractivity contribution in [3.05, 3.63) is 29.0 Å². The summed E-state index contributed by atoms with van der Waals surface area (Å²) >= 11 is 5.57. The number of anilines is 1. The van der Waals surface area contributed by atoms with Crippen molar-refractivity contribution in [3.8, 4) is 0 Å². The van der Waals surface area contributed by atoms with E-state index in [1.807, 2.05) is 5.32 Å². The molecule has 0 aromatic heterocycles. The molecule has 114 valence electrons. The molecule has 3 N–H and O–H groups in total. The number of amides is 3. The number of carboxylic acids is 1. The first-order chi connectivity index (χ1) is 9.77. The maximum Gasteiger partial charge on any atom is 0.325 e.